The Labute approximate surface area is 156 Å². The highest BCUT2D eigenvalue weighted by molar-refractivity contribution is 5.88. The lowest BCUT2D eigenvalue weighted by molar-refractivity contribution is -0.172. The molecule has 1 saturated heterocycles. The minimum atomic E-state index is -2.88. The first-order valence-corrected chi connectivity index (χ1v) is 9.24. The van der Waals surface area contributed by atoms with Gasteiger partial charge in [-0.1, -0.05) is 12.8 Å². The molecule has 1 amide bonds. The van der Waals surface area contributed by atoms with E-state index in [1.54, 1.807) is 4.90 Å². The largest absolute Gasteiger partial charge is 0.465 e. The molecule has 0 bridgehead atoms. The van der Waals surface area contributed by atoms with Crippen molar-refractivity contribution in [3.8, 4) is 0 Å². The van der Waals surface area contributed by atoms with Gasteiger partial charge in [-0.05, 0) is 19.3 Å². The number of aromatic nitrogens is 2. The van der Waals surface area contributed by atoms with Gasteiger partial charge in [0.15, 0.2) is 0 Å². The zero-order valence-corrected chi connectivity index (χ0v) is 15.3. The topological polar surface area (TPSA) is 84.4 Å². The number of esters is 1. The van der Waals surface area contributed by atoms with Gasteiger partial charge in [-0.15, -0.1) is 0 Å². The predicted octanol–water partition coefficient (Wildman–Crippen LogP) is 2.49. The summed E-state index contributed by atoms with van der Waals surface area (Å²) in [6.07, 6.45) is 6.28. The van der Waals surface area contributed by atoms with E-state index in [4.69, 9.17) is 0 Å². The number of nitrogens with one attached hydrogen (secondary N) is 1. The van der Waals surface area contributed by atoms with Crippen LogP contribution in [0.2, 0.25) is 0 Å². The van der Waals surface area contributed by atoms with Crippen LogP contribution in [0.25, 0.3) is 0 Å². The molecular formula is C18H24F2N4O3. The Balaban J connectivity index is 1.65. The van der Waals surface area contributed by atoms with Gasteiger partial charge in [-0.25, -0.2) is 23.5 Å². The fourth-order valence-corrected chi connectivity index (χ4v) is 3.48. The minimum Gasteiger partial charge on any atom is -0.465 e. The third-order valence-electron chi connectivity index (χ3n) is 5.21. The third kappa shape index (κ3) is 4.51. The van der Waals surface area contributed by atoms with E-state index in [0.29, 0.717) is 19.0 Å². The highest BCUT2D eigenvalue weighted by Gasteiger charge is 2.53. The summed E-state index contributed by atoms with van der Waals surface area (Å²) in [5, 5.41) is 3.16. The molecule has 3 rings (SSSR count). The smallest absolute Gasteiger partial charge is 0.341 e. The summed E-state index contributed by atoms with van der Waals surface area (Å²) in [5.74, 6) is -4.72. The van der Waals surface area contributed by atoms with Gasteiger partial charge in [0.05, 0.1) is 12.7 Å². The van der Waals surface area contributed by atoms with Crippen molar-refractivity contribution in [1.82, 2.24) is 14.9 Å². The summed E-state index contributed by atoms with van der Waals surface area (Å²) >= 11 is 0. The van der Waals surface area contributed by atoms with E-state index in [1.807, 2.05) is 0 Å². The summed E-state index contributed by atoms with van der Waals surface area (Å²) in [7, 11) is 1.28. The van der Waals surface area contributed by atoms with Gasteiger partial charge < -0.3 is 15.0 Å². The van der Waals surface area contributed by atoms with Crippen molar-refractivity contribution in [2.45, 2.75) is 50.5 Å². The van der Waals surface area contributed by atoms with E-state index >= 15 is 0 Å². The Bertz CT molecular complexity index is 684. The van der Waals surface area contributed by atoms with Crippen molar-refractivity contribution in [3.63, 3.8) is 0 Å². The number of hydrogen-bond donors (Lipinski definition) is 1. The predicted molar refractivity (Wildman–Crippen MR) is 93.5 cm³/mol. The minimum absolute atomic E-state index is 0.132. The molecule has 1 aromatic rings. The SMILES string of the molecule is COC(=O)c1cnc(NC2CCCCCN(C(=O)C3CCC3(F)F)C2)nc1. The first-order chi connectivity index (χ1) is 12.9. The normalized spacial score (nSPS) is 24.9. The number of halogens is 2. The van der Waals surface area contributed by atoms with Crippen molar-refractivity contribution in [2.75, 3.05) is 25.5 Å². The number of rotatable bonds is 4. The molecule has 0 aromatic carbocycles. The van der Waals surface area contributed by atoms with E-state index in [0.717, 1.165) is 25.7 Å². The number of carbonyl (C=O) groups excluding carboxylic acids is 2. The van der Waals surface area contributed by atoms with E-state index in [-0.39, 0.29) is 24.4 Å². The zero-order valence-electron chi connectivity index (χ0n) is 15.3. The van der Waals surface area contributed by atoms with Crippen molar-refractivity contribution in [2.24, 2.45) is 5.92 Å². The number of anilines is 1. The van der Waals surface area contributed by atoms with Crippen LogP contribution in [-0.2, 0) is 9.53 Å². The number of nitrogens with zero attached hydrogens (tertiary/aromatic N) is 3. The average Bonchev–Trinajstić information content (AvgIpc) is 2.62. The molecule has 1 aliphatic heterocycles. The van der Waals surface area contributed by atoms with Crippen LogP contribution in [0.1, 0.15) is 48.9 Å². The van der Waals surface area contributed by atoms with Crippen LogP contribution in [-0.4, -0.2) is 58.9 Å². The first-order valence-electron chi connectivity index (χ1n) is 9.24. The summed E-state index contributed by atoms with van der Waals surface area (Å²) in [4.78, 5) is 33.7. The van der Waals surface area contributed by atoms with Gasteiger partial charge in [-0.2, -0.15) is 0 Å². The van der Waals surface area contributed by atoms with Crippen LogP contribution < -0.4 is 5.32 Å². The second-order valence-corrected chi connectivity index (χ2v) is 7.11. The van der Waals surface area contributed by atoms with Crippen molar-refractivity contribution < 1.29 is 23.1 Å². The van der Waals surface area contributed by atoms with Gasteiger partial charge in [-0.3, -0.25) is 4.79 Å². The quantitative estimate of drug-likeness (QED) is 0.806. The molecule has 9 heteroatoms. The van der Waals surface area contributed by atoms with Gasteiger partial charge in [0.2, 0.25) is 11.9 Å². The Morgan fingerprint density at radius 1 is 1.22 bits per heavy atom. The van der Waals surface area contributed by atoms with Crippen LogP contribution >= 0.6 is 0 Å². The molecule has 0 spiro atoms. The maximum Gasteiger partial charge on any atom is 0.341 e. The highest BCUT2D eigenvalue weighted by Crippen LogP contribution is 2.44. The van der Waals surface area contributed by atoms with E-state index in [9.17, 15) is 18.4 Å². The van der Waals surface area contributed by atoms with Crippen molar-refractivity contribution in [1.29, 1.82) is 0 Å². The molecule has 148 valence electrons. The van der Waals surface area contributed by atoms with Gasteiger partial charge in [0.25, 0.3) is 5.92 Å². The molecule has 2 fully saturated rings. The first kappa shape index (κ1) is 19.4. The average molecular weight is 382 g/mol. The van der Waals surface area contributed by atoms with Crippen LogP contribution in [0.4, 0.5) is 14.7 Å². The Kier molecular flexibility index (Phi) is 5.86. The molecule has 1 N–H and O–H groups in total. The lowest BCUT2D eigenvalue weighted by atomic mass is 9.79. The second kappa shape index (κ2) is 8.14. The van der Waals surface area contributed by atoms with Crippen molar-refractivity contribution >= 4 is 17.8 Å². The molecule has 1 aliphatic carbocycles. The summed E-state index contributed by atoms with van der Waals surface area (Å²) < 4.78 is 31.9. The van der Waals surface area contributed by atoms with Gasteiger partial charge >= 0.3 is 5.97 Å². The van der Waals surface area contributed by atoms with Crippen LogP contribution in [0.3, 0.4) is 0 Å². The van der Waals surface area contributed by atoms with Crippen LogP contribution in [0, 0.1) is 5.92 Å². The Morgan fingerprint density at radius 3 is 2.56 bits per heavy atom. The number of carbonyl (C=O) groups is 2. The number of hydrogen-bond acceptors (Lipinski definition) is 6. The number of methoxy groups -OCH3 is 1. The van der Waals surface area contributed by atoms with Crippen LogP contribution in [0.15, 0.2) is 12.4 Å². The second-order valence-electron chi connectivity index (χ2n) is 7.11. The standard InChI is InChI=1S/C18H24F2N4O3/c1-27-16(26)12-9-21-17(22-10-12)23-13-5-3-2-4-8-24(11-13)15(25)14-6-7-18(14,19)20/h9-10,13-14H,2-8,11H2,1H3,(H,21,22,23). The number of ether oxygens (including phenoxy) is 1. The molecule has 27 heavy (non-hydrogen) atoms. The Morgan fingerprint density at radius 2 is 1.96 bits per heavy atom. The fraction of sp³-hybridized carbons (Fsp3) is 0.667. The maximum absolute atomic E-state index is 13.6. The summed E-state index contributed by atoms with van der Waals surface area (Å²) in [5.41, 5.74) is 0.240. The molecule has 1 saturated carbocycles. The molecule has 0 radical (unpaired) electrons. The Hall–Kier alpha value is -2.32. The molecular weight excluding hydrogens is 358 g/mol. The zero-order chi connectivity index (χ0) is 19.4. The number of likely N-dealkylation sites (tertiary alicyclic amines) is 1. The summed E-state index contributed by atoms with van der Waals surface area (Å²) in [6, 6.07) is -0.132. The highest BCUT2D eigenvalue weighted by atomic mass is 19.3. The van der Waals surface area contributed by atoms with E-state index in [2.05, 4.69) is 20.0 Å². The fourth-order valence-electron chi connectivity index (χ4n) is 3.48. The van der Waals surface area contributed by atoms with E-state index in [1.165, 1.54) is 19.5 Å². The van der Waals surface area contributed by atoms with E-state index < -0.39 is 23.7 Å². The molecule has 2 unspecified atom stereocenters. The monoisotopic (exact) mass is 382 g/mol. The molecule has 1 aromatic heterocycles. The van der Waals surface area contributed by atoms with Gasteiger partial charge in [0.1, 0.15) is 5.92 Å². The molecule has 2 heterocycles. The third-order valence-corrected chi connectivity index (χ3v) is 5.21. The molecule has 2 aliphatic rings. The van der Waals surface area contributed by atoms with Crippen LogP contribution in [0.5, 0.6) is 0 Å². The maximum atomic E-state index is 13.6. The molecule has 7 nitrogen and oxygen atoms in total. The summed E-state index contributed by atoms with van der Waals surface area (Å²) in [6.45, 7) is 0.833. The number of amides is 1. The lowest BCUT2D eigenvalue weighted by Crippen LogP contribution is -2.52. The lowest BCUT2D eigenvalue weighted by Gasteiger charge is -2.40. The molecule has 2 atom stereocenters. The number of alkyl halides is 2. The van der Waals surface area contributed by atoms with Gasteiger partial charge in [0, 0.05) is 37.9 Å². The van der Waals surface area contributed by atoms with Crippen molar-refractivity contribution in [3.05, 3.63) is 18.0 Å².